The zero-order valence-electron chi connectivity index (χ0n) is 44.8. The molecular formula is C61H84N6O6+2. The second-order valence-corrected chi connectivity index (χ2v) is 18.7. The Bertz CT molecular complexity index is 2360. The summed E-state index contributed by atoms with van der Waals surface area (Å²) in [6.07, 6.45) is 25.7. The molecule has 12 nitrogen and oxygen atoms in total. The minimum Gasteiger partial charge on any atom is -0.491 e. The average molecular weight is 997 g/mol. The minimum atomic E-state index is -0.0986. The summed E-state index contributed by atoms with van der Waals surface area (Å²) in [5.74, 6) is 0.713. The van der Waals surface area contributed by atoms with E-state index in [4.69, 9.17) is 18.9 Å². The lowest BCUT2D eigenvalue weighted by molar-refractivity contribution is -0.697. The number of amides is 2. The van der Waals surface area contributed by atoms with E-state index in [1.807, 2.05) is 40.3 Å². The van der Waals surface area contributed by atoms with Crippen molar-refractivity contribution in [1.82, 2.24) is 10.6 Å². The fraction of sp³-hybridized carbons (Fsp3) is 0.443. The number of ether oxygens (including phenoxy) is 4. The van der Waals surface area contributed by atoms with Crippen LogP contribution in [-0.4, -0.2) is 123 Å². The lowest BCUT2D eigenvalue weighted by Gasteiger charge is -2.24. The van der Waals surface area contributed by atoms with E-state index >= 15 is 0 Å². The average Bonchev–Trinajstić information content (AvgIpc) is 3.40. The predicted molar refractivity (Wildman–Crippen MR) is 300 cm³/mol. The molecule has 0 radical (unpaired) electrons. The highest BCUT2D eigenvalue weighted by atomic mass is 16.5. The fourth-order valence-corrected chi connectivity index (χ4v) is 8.12. The highest BCUT2D eigenvalue weighted by Crippen LogP contribution is 2.32. The first-order chi connectivity index (χ1) is 35.6. The van der Waals surface area contributed by atoms with Crippen LogP contribution in [0.1, 0.15) is 93.9 Å². The number of nitrogens with one attached hydrogen (secondary N) is 2. The van der Waals surface area contributed by atoms with Crippen molar-refractivity contribution in [2.75, 3.05) is 110 Å². The van der Waals surface area contributed by atoms with Crippen LogP contribution in [0.15, 0.2) is 127 Å². The van der Waals surface area contributed by atoms with Gasteiger partial charge in [0.1, 0.15) is 33.0 Å². The molecule has 2 amide bonds. The van der Waals surface area contributed by atoms with Gasteiger partial charge in [-0.1, -0.05) is 75.2 Å². The van der Waals surface area contributed by atoms with Gasteiger partial charge in [-0.15, -0.1) is 0 Å². The van der Waals surface area contributed by atoms with Gasteiger partial charge in [-0.05, 0) is 108 Å². The second kappa shape index (κ2) is 33.4. The van der Waals surface area contributed by atoms with Crippen molar-refractivity contribution in [3.63, 3.8) is 0 Å². The predicted octanol–water partition coefficient (Wildman–Crippen LogP) is 9.57. The maximum atomic E-state index is 12.3. The number of aromatic nitrogens is 1. The molecule has 12 heteroatoms. The largest absolute Gasteiger partial charge is 0.491 e. The standard InChI is InChI=1S/C61H82N6O6/c1-7-9-39-67(40-10-8-2)57-25-17-50(18-26-57)15-16-51-33-41-66(42-34-51)38-13-11-12-14-59(68)62-36-44-71-45-37-63-60(69)35-43-70-46-47-72-48-49-73-58-31-23-54(24-32-58)61(52-19-27-55(28-20-52)64(3)4)53-21-29-56(30-22-53)65(5)6/h15-34,41-42H,7-14,35-40,43-49H2,1-6H3/p+2. The highest BCUT2D eigenvalue weighted by molar-refractivity contribution is 6.04. The van der Waals surface area contributed by atoms with Gasteiger partial charge in [0, 0.05) is 95.2 Å². The SMILES string of the molecule is CCCCN(CCCC)c1ccc(/C=C/c2cc[n+](CCCCCC(=O)NCCOCCNC(=O)CCOCCOCCOc3ccc(C(=C4C=CC(=[N+](C)C)C=C4)c4ccc(N(C)C)cc4)cc3)cc2)cc1. The van der Waals surface area contributed by atoms with Gasteiger partial charge < -0.3 is 39.4 Å². The van der Waals surface area contributed by atoms with Crippen molar-refractivity contribution < 1.29 is 37.7 Å². The highest BCUT2D eigenvalue weighted by Gasteiger charge is 2.14. The minimum absolute atomic E-state index is 0.0373. The van der Waals surface area contributed by atoms with Gasteiger partial charge in [0.2, 0.25) is 11.8 Å². The van der Waals surface area contributed by atoms with Crippen LogP contribution in [0, 0.1) is 0 Å². The Labute approximate surface area is 437 Å². The number of allylic oxidation sites excluding steroid dienone is 5. The summed E-state index contributed by atoms with van der Waals surface area (Å²) in [5.41, 5.74) is 10.6. The van der Waals surface area contributed by atoms with Crippen LogP contribution in [0.5, 0.6) is 5.75 Å². The number of aryl methyl sites for hydroxylation is 1. The number of unbranched alkanes of at least 4 members (excludes halogenated alkanes) is 4. The molecule has 0 fully saturated rings. The van der Waals surface area contributed by atoms with Crippen LogP contribution in [0.4, 0.5) is 11.4 Å². The third-order valence-corrected chi connectivity index (χ3v) is 12.5. The number of carbonyl (C=O) groups excluding carboxylic acids is 2. The van der Waals surface area contributed by atoms with Crippen LogP contribution >= 0.6 is 0 Å². The third-order valence-electron chi connectivity index (χ3n) is 12.5. The summed E-state index contributed by atoms with van der Waals surface area (Å²) in [6.45, 7) is 11.2. The van der Waals surface area contributed by atoms with Crippen molar-refractivity contribution in [2.45, 2.75) is 78.2 Å². The van der Waals surface area contributed by atoms with E-state index in [0.29, 0.717) is 65.8 Å². The number of hydrogen-bond donors (Lipinski definition) is 2. The summed E-state index contributed by atoms with van der Waals surface area (Å²) in [7, 11) is 8.19. The van der Waals surface area contributed by atoms with Crippen molar-refractivity contribution in [2.24, 2.45) is 0 Å². The molecule has 0 spiro atoms. The van der Waals surface area contributed by atoms with E-state index in [1.54, 1.807) is 0 Å². The molecule has 1 aliphatic rings. The topological polar surface area (TPSA) is 108 Å². The number of benzene rings is 3. The molecule has 1 heterocycles. The molecule has 1 aromatic heterocycles. The number of hydrogen-bond acceptors (Lipinski definition) is 8. The van der Waals surface area contributed by atoms with Crippen LogP contribution < -0.4 is 29.7 Å². The number of pyridine rings is 1. The van der Waals surface area contributed by atoms with Gasteiger partial charge in [0.25, 0.3) is 0 Å². The number of nitrogens with zero attached hydrogens (tertiary/aromatic N) is 4. The Morgan fingerprint density at radius 3 is 1.70 bits per heavy atom. The summed E-state index contributed by atoms with van der Waals surface area (Å²) in [6, 6.07) is 30.1. The van der Waals surface area contributed by atoms with E-state index in [0.717, 1.165) is 78.3 Å². The van der Waals surface area contributed by atoms with Gasteiger partial charge in [-0.25, -0.2) is 9.14 Å². The van der Waals surface area contributed by atoms with E-state index in [9.17, 15) is 9.59 Å². The monoisotopic (exact) mass is 997 g/mol. The number of anilines is 2. The Balaban J connectivity index is 0.827. The first kappa shape index (κ1) is 57.6. The molecule has 392 valence electrons. The smallest absolute Gasteiger partial charge is 0.222 e. The van der Waals surface area contributed by atoms with Gasteiger partial charge in [-0.3, -0.25) is 9.59 Å². The van der Waals surface area contributed by atoms with Gasteiger partial charge in [-0.2, -0.15) is 0 Å². The Morgan fingerprint density at radius 1 is 0.575 bits per heavy atom. The normalized spacial score (nSPS) is 12.1. The fourth-order valence-electron chi connectivity index (χ4n) is 8.12. The van der Waals surface area contributed by atoms with E-state index in [1.165, 1.54) is 42.5 Å². The van der Waals surface area contributed by atoms with Crippen LogP contribution in [-0.2, 0) is 30.3 Å². The molecule has 1 aliphatic carbocycles. The first-order valence-electron chi connectivity index (χ1n) is 26.6. The molecule has 4 aromatic rings. The van der Waals surface area contributed by atoms with Gasteiger partial charge in [0.15, 0.2) is 18.1 Å². The van der Waals surface area contributed by atoms with Crippen LogP contribution in [0.25, 0.3) is 17.7 Å². The van der Waals surface area contributed by atoms with Gasteiger partial charge >= 0.3 is 0 Å². The first-order valence-corrected chi connectivity index (χ1v) is 26.6. The van der Waals surface area contributed by atoms with E-state index in [2.05, 4.69) is 165 Å². The molecule has 3 aromatic carbocycles. The summed E-state index contributed by atoms with van der Waals surface area (Å²) in [4.78, 5) is 29.1. The second-order valence-electron chi connectivity index (χ2n) is 18.7. The molecule has 0 atom stereocenters. The molecule has 0 unspecified atom stereocenters. The Hall–Kier alpha value is -6.34. The summed E-state index contributed by atoms with van der Waals surface area (Å²) in [5, 5.41) is 5.77. The maximum Gasteiger partial charge on any atom is 0.222 e. The van der Waals surface area contributed by atoms with Crippen molar-refractivity contribution in [3.8, 4) is 5.75 Å². The number of carbonyl (C=O) groups is 2. The maximum absolute atomic E-state index is 12.3. The lowest BCUT2D eigenvalue weighted by Crippen LogP contribution is -2.32. The molecule has 0 saturated carbocycles. The zero-order valence-corrected chi connectivity index (χ0v) is 44.8. The third kappa shape index (κ3) is 21.7. The zero-order chi connectivity index (χ0) is 51.9. The molecule has 0 bridgehead atoms. The molecule has 0 saturated heterocycles. The summed E-state index contributed by atoms with van der Waals surface area (Å²) < 4.78 is 27.1. The van der Waals surface area contributed by atoms with Crippen LogP contribution in [0.3, 0.4) is 0 Å². The van der Waals surface area contributed by atoms with Crippen molar-refractivity contribution in [3.05, 3.63) is 149 Å². The van der Waals surface area contributed by atoms with Crippen molar-refractivity contribution >= 4 is 46.6 Å². The lowest BCUT2D eigenvalue weighted by atomic mass is 9.90. The molecule has 2 N–H and O–H groups in total. The number of rotatable bonds is 34. The Morgan fingerprint density at radius 2 is 1.11 bits per heavy atom. The molecular weight excluding hydrogens is 913 g/mol. The van der Waals surface area contributed by atoms with Crippen LogP contribution in [0.2, 0.25) is 0 Å². The summed E-state index contributed by atoms with van der Waals surface area (Å²) >= 11 is 0. The van der Waals surface area contributed by atoms with E-state index < -0.39 is 0 Å². The van der Waals surface area contributed by atoms with E-state index in [-0.39, 0.29) is 18.2 Å². The van der Waals surface area contributed by atoms with Crippen molar-refractivity contribution in [1.29, 1.82) is 0 Å². The van der Waals surface area contributed by atoms with Gasteiger partial charge in [0.05, 0.1) is 39.6 Å². The molecule has 73 heavy (non-hydrogen) atoms. The quantitative estimate of drug-likeness (QED) is 0.0352. The Kier molecular flexibility index (Phi) is 26.3. The molecule has 5 rings (SSSR count). The molecule has 0 aliphatic heterocycles.